The average molecular weight is 360 g/mol. The minimum absolute atomic E-state index is 0.00823. The molecule has 1 aromatic carbocycles. The standard InChI is InChI=1S/C17H26ClNO3S/c1-3-4-11-22-17-12-14(9-10-15(17)18)23(20,21)19-16-8-6-5-7-13(16)2/h9-10,12-13,16,19H,3-8,11H2,1-2H3/t13-,16-/m0/s1. The van der Waals surface area contributed by atoms with Crippen molar-refractivity contribution in [1.82, 2.24) is 4.72 Å². The Morgan fingerprint density at radius 3 is 2.74 bits per heavy atom. The number of sulfonamides is 1. The summed E-state index contributed by atoms with van der Waals surface area (Å²) in [5.74, 6) is 0.797. The van der Waals surface area contributed by atoms with E-state index < -0.39 is 10.0 Å². The number of hydrogen-bond donors (Lipinski definition) is 1. The third-order valence-corrected chi connectivity index (χ3v) is 6.19. The van der Waals surface area contributed by atoms with Crippen molar-refractivity contribution in [3.05, 3.63) is 23.2 Å². The van der Waals surface area contributed by atoms with E-state index in [-0.39, 0.29) is 10.9 Å². The Bertz CT molecular complexity index is 618. The Morgan fingerprint density at radius 2 is 2.04 bits per heavy atom. The van der Waals surface area contributed by atoms with E-state index in [9.17, 15) is 8.42 Å². The first-order valence-electron chi connectivity index (χ1n) is 8.38. The van der Waals surface area contributed by atoms with Crippen LogP contribution >= 0.6 is 11.6 Å². The zero-order valence-electron chi connectivity index (χ0n) is 13.8. The summed E-state index contributed by atoms with van der Waals surface area (Å²) < 4.78 is 33.7. The van der Waals surface area contributed by atoms with Crippen LogP contribution in [0.3, 0.4) is 0 Å². The van der Waals surface area contributed by atoms with Crippen molar-refractivity contribution in [2.24, 2.45) is 5.92 Å². The van der Waals surface area contributed by atoms with E-state index in [0.29, 0.717) is 23.3 Å². The van der Waals surface area contributed by atoms with Gasteiger partial charge in [-0.2, -0.15) is 0 Å². The quantitative estimate of drug-likeness (QED) is 0.735. The normalized spacial score (nSPS) is 22.0. The Morgan fingerprint density at radius 1 is 1.30 bits per heavy atom. The van der Waals surface area contributed by atoms with E-state index in [0.717, 1.165) is 32.1 Å². The lowest BCUT2D eigenvalue weighted by molar-refractivity contribution is 0.307. The minimum Gasteiger partial charge on any atom is -0.492 e. The fourth-order valence-corrected chi connectivity index (χ4v) is 4.41. The number of ether oxygens (including phenoxy) is 1. The van der Waals surface area contributed by atoms with Gasteiger partial charge in [0.05, 0.1) is 16.5 Å². The zero-order valence-corrected chi connectivity index (χ0v) is 15.4. The van der Waals surface area contributed by atoms with Crippen LogP contribution in [0.2, 0.25) is 5.02 Å². The molecule has 6 heteroatoms. The molecular formula is C17H26ClNO3S. The fourth-order valence-electron chi connectivity index (χ4n) is 2.85. The van der Waals surface area contributed by atoms with Gasteiger partial charge in [-0.1, -0.05) is 44.7 Å². The molecule has 1 fully saturated rings. The summed E-state index contributed by atoms with van der Waals surface area (Å²) >= 11 is 6.10. The summed E-state index contributed by atoms with van der Waals surface area (Å²) in [4.78, 5) is 0.214. The first kappa shape index (κ1) is 18.6. The van der Waals surface area contributed by atoms with E-state index in [1.165, 1.54) is 18.6 Å². The SMILES string of the molecule is CCCCOc1cc(S(=O)(=O)N[C@H]2CCCC[C@@H]2C)ccc1Cl. The highest BCUT2D eigenvalue weighted by Gasteiger charge is 2.27. The molecule has 0 aromatic heterocycles. The first-order valence-corrected chi connectivity index (χ1v) is 10.2. The summed E-state index contributed by atoms with van der Waals surface area (Å²) in [6.45, 7) is 4.71. The molecule has 2 rings (SSSR count). The van der Waals surface area contributed by atoms with Crippen LogP contribution in [0, 0.1) is 5.92 Å². The van der Waals surface area contributed by atoms with Crippen LogP contribution in [-0.4, -0.2) is 21.1 Å². The average Bonchev–Trinajstić information content (AvgIpc) is 2.51. The Balaban J connectivity index is 2.13. The lowest BCUT2D eigenvalue weighted by Crippen LogP contribution is -2.40. The van der Waals surface area contributed by atoms with E-state index in [4.69, 9.17) is 16.3 Å². The van der Waals surface area contributed by atoms with Crippen molar-refractivity contribution in [3.8, 4) is 5.75 Å². The van der Waals surface area contributed by atoms with Crippen LogP contribution in [0.5, 0.6) is 5.75 Å². The summed E-state index contributed by atoms with van der Waals surface area (Å²) in [7, 11) is -3.55. The molecule has 1 aliphatic rings. The van der Waals surface area contributed by atoms with Gasteiger partial charge in [0.25, 0.3) is 0 Å². The van der Waals surface area contributed by atoms with Gasteiger partial charge >= 0.3 is 0 Å². The van der Waals surface area contributed by atoms with Gasteiger partial charge in [0, 0.05) is 12.1 Å². The monoisotopic (exact) mass is 359 g/mol. The van der Waals surface area contributed by atoms with Crippen LogP contribution in [0.1, 0.15) is 52.4 Å². The van der Waals surface area contributed by atoms with Crippen molar-refractivity contribution in [2.75, 3.05) is 6.61 Å². The first-order chi connectivity index (χ1) is 10.9. The molecule has 0 amide bonds. The molecule has 0 radical (unpaired) electrons. The molecule has 1 aromatic rings. The van der Waals surface area contributed by atoms with Gasteiger partial charge in [0.1, 0.15) is 5.75 Å². The Labute approximate surface area is 144 Å². The molecule has 2 atom stereocenters. The molecule has 0 aliphatic heterocycles. The number of rotatable bonds is 7. The highest BCUT2D eigenvalue weighted by Crippen LogP contribution is 2.29. The fraction of sp³-hybridized carbons (Fsp3) is 0.647. The minimum atomic E-state index is -3.55. The largest absolute Gasteiger partial charge is 0.492 e. The number of unbranched alkanes of at least 4 members (excludes halogenated alkanes) is 1. The van der Waals surface area contributed by atoms with Gasteiger partial charge in [0.15, 0.2) is 0 Å². The number of hydrogen-bond acceptors (Lipinski definition) is 3. The van der Waals surface area contributed by atoms with E-state index in [1.807, 2.05) is 0 Å². The molecule has 1 aliphatic carbocycles. The van der Waals surface area contributed by atoms with Crippen LogP contribution in [0.4, 0.5) is 0 Å². The molecule has 0 spiro atoms. The van der Waals surface area contributed by atoms with Gasteiger partial charge in [-0.15, -0.1) is 0 Å². The molecule has 4 nitrogen and oxygen atoms in total. The summed E-state index contributed by atoms with van der Waals surface area (Å²) in [5.41, 5.74) is 0. The zero-order chi connectivity index (χ0) is 16.9. The van der Waals surface area contributed by atoms with Crippen molar-refractivity contribution in [3.63, 3.8) is 0 Å². The maximum atomic E-state index is 12.6. The van der Waals surface area contributed by atoms with Gasteiger partial charge in [-0.3, -0.25) is 0 Å². The summed E-state index contributed by atoms with van der Waals surface area (Å²) in [5, 5.41) is 0.436. The van der Waals surface area contributed by atoms with Crippen molar-refractivity contribution >= 4 is 21.6 Å². The second-order valence-corrected chi connectivity index (χ2v) is 8.40. The van der Waals surface area contributed by atoms with Gasteiger partial charge in [0.2, 0.25) is 10.0 Å². The van der Waals surface area contributed by atoms with E-state index >= 15 is 0 Å². The maximum Gasteiger partial charge on any atom is 0.240 e. The number of benzene rings is 1. The molecule has 0 saturated heterocycles. The highest BCUT2D eigenvalue weighted by atomic mass is 35.5. The van der Waals surface area contributed by atoms with Gasteiger partial charge in [-0.25, -0.2) is 13.1 Å². The van der Waals surface area contributed by atoms with Crippen molar-refractivity contribution in [1.29, 1.82) is 0 Å². The summed E-state index contributed by atoms with van der Waals surface area (Å²) in [6, 6.07) is 4.65. The van der Waals surface area contributed by atoms with E-state index in [1.54, 1.807) is 6.07 Å². The van der Waals surface area contributed by atoms with Gasteiger partial charge < -0.3 is 4.74 Å². The highest BCUT2D eigenvalue weighted by molar-refractivity contribution is 7.89. The summed E-state index contributed by atoms with van der Waals surface area (Å²) in [6.07, 6.45) is 6.13. The topological polar surface area (TPSA) is 55.4 Å². The second kappa shape index (κ2) is 8.36. The Kier molecular flexibility index (Phi) is 6.74. The molecular weight excluding hydrogens is 334 g/mol. The lowest BCUT2D eigenvalue weighted by Gasteiger charge is -2.29. The molecule has 0 heterocycles. The predicted octanol–water partition coefficient (Wildman–Crippen LogP) is 4.38. The smallest absolute Gasteiger partial charge is 0.240 e. The Hall–Kier alpha value is -0.780. The molecule has 0 bridgehead atoms. The predicted molar refractivity (Wildman–Crippen MR) is 93.6 cm³/mol. The van der Waals surface area contributed by atoms with Gasteiger partial charge in [-0.05, 0) is 37.3 Å². The molecule has 23 heavy (non-hydrogen) atoms. The van der Waals surface area contributed by atoms with Crippen LogP contribution in [0.15, 0.2) is 23.1 Å². The lowest BCUT2D eigenvalue weighted by atomic mass is 9.87. The third-order valence-electron chi connectivity index (χ3n) is 4.39. The van der Waals surface area contributed by atoms with Crippen molar-refractivity contribution in [2.45, 2.75) is 63.3 Å². The molecule has 130 valence electrons. The molecule has 1 N–H and O–H groups in total. The van der Waals surface area contributed by atoms with Crippen LogP contribution < -0.4 is 9.46 Å². The number of halogens is 1. The molecule has 1 saturated carbocycles. The van der Waals surface area contributed by atoms with Crippen molar-refractivity contribution < 1.29 is 13.2 Å². The van der Waals surface area contributed by atoms with Crippen LogP contribution in [0.25, 0.3) is 0 Å². The second-order valence-electron chi connectivity index (χ2n) is 6.28. The van der Waals surface area contributed by atoms with Crippen LogP contribution in [-0.2, 0) is 10.0 Å². The maximum absolute atomic E-state index is 12.6. The van der Waals surface area contributed by atoms with E-state index in [2.05, 4.69) is 18.6 Å². The molecule has 0 unspecified atom stereocenters. The third kappa shape index (κ3) is 5.10. The number of nitrogens with one attached hydrogen (secondary N) is 1.